The normalized spacial score (nSPS) is 18.4. The Morgan fingerprint density at radius 2 is 1.46 bits per heavy atom. The first-order valence-electron chi connectivity index (χ1n) is 20.0. The smallest absolute Gasteiger partial charge is 0.278 e. The van der Waals surface area contributed by atoms with Crippen molar-refractivity contribution in [2.45, 2.75) is 82.8 Å². The topological polar surface area (TPSA) is 188 Å². The largest absolute Gasteiger partial charge is 0.497 e. The molecule has 17 heteroatoms. The van der Waals surface area contributed by atoms with Crippen molar-refractivity contribution in [3.8, 4) is 23.6 Å². The molecular weight excluding hydrogens is 801 g/mol. The lowest BCUT2D eigenvalue weighted by Crippen LogP contribution is -2.43. The number of imidazole rings is 1. The highest BCUT2D eigenvalue weighted by atomic mass is 31.2. The van der Waals surface area contributed by atoms with E-state index in [1.807, 2.05) is 78.9 Å². The van der Waals surface area contributed by atoms with Crippen LogP contribution < -0.4 is 15.0 Å². The summed E-state index contributed by atoms with van der Waals surface area (Å²) in [5.41, 5.74) is 1.21. The number of nitrogens with one attached hydrogen (secondary N) is 1. The Labute approximate surface area is 356 Å². The number of aromatic amines is 1. The van der Waals surface area contributed by atoms with Gasteiger partial charge in [0.2, 0.25) is 0 Å². The zero-order valence-corrected chi connectivity index (χ0v) is 36.1. The maximum Gasteiger partial charge on any atom is 0.278 e. The number of H-pyrrole nitrogens is 1. The molecule has 1 aliphatic rings. The first-order chi connectivity index (χ1) is 29.7. The molecule has 6 rings (SSSR count). The van der Waals surface area contributed by atoms with Gasteiger partial charge in [0.15, 0.2) is 17.4 Å². The summed E-state index contributed by atoms with van der Waals surface area (Å²) in [7, 11) is 1.40. The Balaban J connectivity index is 1.50. The molecule has 0 aliphatic carbocycles. The minimum atomic E-state index is -1.84. The van der Waals surface area contributed by atoms with E-state index in [9.17, 15) is 15.3 Å². The molecule has 1 aliphatic heterocycles. The lowest BCUT2D eigenvalue weighted by molar-refractivity contribution is -0.136. The van der Waals surface area contributed by atoms with Crippen LogP contribution in [0.2, 0.25) is 0 Å². The fraction of sp³-hybridized carbons (Fsp3) is 0.432. The Morgan fingerprint density at radius 1 is 0.852 bits per heavy atom. The van der Waals surface area contributed by atoms with Crippen LogP contribution in [-0.2, 0) is 33.6 Å². The molecule has 322 valence electrons. The summed E-state index contributed by atoms with van der Waals surface area (Å²) in [5.74, 6) is 1.36. The number of methoxy groups -OCH3 is 2. The number of hydrogen-bond acceptors (Lipinski definition) is 14. The number of nitriles is 2. The molecule has 0 bridgehead atoms. The molecule has 3 aromatic carbocycles. The Bertz CT molecular complexity index is 2220. The fourth-order valence-corrected chi connectivity index (χ4v) is 9.17. The Morgan fingerprint density at radius 3 is 2.05 bits per heavy atom. The van der Waals surface area contributed by atoms with Crippen LogP contribution in [0, 0.1) is 22.7 Å². The maximum absolute atomic E-state index is 12.9. The molecule has 0 amide bonds. The van der Waals surface area contributed by atoms with Gasteiger partial charge in [-0.15, -0.1) is 0 Å². The van der Waals surface area contributed by atoms with Gasteiger partial charge in [0.25, 0.3) is 14.1 Å². The zero-order valence-electron chi connectivity index (χ0n) is 35.2. The van der Waals surface area contributed by atoms with E-state index >= 15 is 0 Å². The summed E-state index contributed by atoms with van der Waals surface area (Å²) in [4.78, 5) is 24.3. The molecular formula is C44H52N7O9P. The summed E-state index contributed by atoms with van der Waals surface area (Å²) < 4.78 is 55.0. The van der Waals surface area contributed by atoms with E-state index < -0.39 is 44.2 Å². The van der Waals surface area contributed by atoms with Gasteiger partial charge in [-0.2, -0.15) is 10.5 Å². The molecule has 1 unspecified atom stereocenters. The van der Waals surface area contributed by atoms with Gasteiger partial charge in [-0.1, -0.05) is 54.6 Å². The van der Waals surface area contributed by atoms with Crippen molar-refractivity contribution in [2.24, 2.45) is 0 Å². The SMILES string of the molecule is COc1ccc(C(OC[C@H]2O[C@@H](n3cnc4c(=O)[nH]cnc43)[C@H](OCOCCC#N)[C@@H]2OP(OCCC#N)N(C(C)C)C(C)C)(c2ccccc2)c2ccc(OC)cc2)cc1. The molecule has 16 nitrogen and oxygen atoms in total. The number of hydrogen-bond donors (Lipinski definition) is 1. The van der Waals surface area contributed by atoms with E-state index in [2.05, 4.69) is 59.5 Å². The minimum Gasteiger partial charge on any atom is -0.497 e. The maximum atomic E-state index is 12.9. The van der Waals surface area contributed by atoms with E-state index in [-0.39, 0.29) is 62.7 Å². The molecule has 0 spiro atoms. The lowest BCUT2D eigenvalue weighted by Gasteiger charge is -2.39. The van der Waals surface area contributed by atoms with Crippen LogP contribution >= 0.6 is 8.53 Å². The van der Waals surface area contributed by atoms with Gasteiger partial charge >= 0.3 is 0 Å². The molecule has 1 saturated heterocycles. The van der Waals surface area contributed by atoms with Crippen molar-refractivity contribution in [1.29, 1.82) is 10.5 Å². The summed E-state index contributed by atoms with van der Waals surface area (Å²) in [5, 5.41) is 18.7. The molecule has 0 saturated carbocycles. The van der Waals surface area contributed by atoms with Crippen LogP contribution in [-0.4, -0.2) is 95.4 Å². The summed E-state index contributed by atoms with van der Waals surface area (Å²) >= 11 is 0. The van der Waals surface area contributed by atoms with Gasteiger partial charge in [0.05, 0.1) is 71.7 Å². The average Bonchev–Trinajstić information content (AvgIpc) is 3.86. The van der Waals surface area contributed by atoms with Crippen LogP contribution in [0.4, 0.5) is 0 Å². The monoisotopic (exact) mass is 853 g/mol. The predicted molar refractivity (Wildman–Crippen MR) is 226 cm³/mol. The van der Waals surface area contributed by atoms with Crippen molar-refractivity contribution < 1.29 is 37.5 Å². The van der Waals surface area contributed by atoms with Crippen LogP contribution in [0.15, 0.2) is 96.3 Å². The van der Waals surface area contributed by atoms with Gasteiger partial charge in [0.1, 0.15) is 42.2 Å². The third-order valence-corrected chi connectivity index (χ3v) is 12.3. The molecule has 5 atom stereocenters. The standard InChI is InChI=1S/C44H52N7O9P/c1-30(2)51(31(3)4)61(58-25-11-23-46)60-39-37(59-43(40(39)56-29-55-24-10-22-45)50-28-49-38-41(50)47-27-48-42(38)52)26-57-44(32-12-8-7-9-13-32,33-14-18-35(53-5)19-15-33)34-16-20-36(54-6)21-17-34/h7-9,12-21,27-28,30-31,37,39-40,43H,10-11,24-26,29H2,1-6H3,(H,47,48,52)/t37-,39-,40-,43-,61?/m1/s1. The number of rotatable bonds is 22. The number of nitrogens with zero attached hydrogens (tertiary/aromatic N) is 6. The van der Waals surface area contributed by atoms with Gasteiger partial charge in [-0.05, 0) is 68.7 Å². The first-order valence-corrected chi connectivity index (χ1v) is 21.1. The highest BCUT2D eigenvalue weighted by Gasteiger charge is 2.52. The molecule has 61 heavy (non-hydrogen) atoms. The van der Waals surface area contributed by atoms with Crippen molar-refractivity contribution in [3.05, 3.63) is 119 Å². The van der Waals surface area contributed by atoms with E-state index in [4.69, 9.17) is 37.5 Å². The molecule has 3 heterocycles. The summed E-state index contributed by atoms with van der Waals surface area (Å²) in [6.45, 7) is 8.20. The molecule has 5 aromatic rings. The van der Waals surface area contributed by atoms with Gasteiger partial charge in [-0.25, -0.2) is 14.6 Å². The van der Waals surface area contributed by atoms with Crippen molar-refractivity contribution >= 4 is 19.7 Å². The van der Waals surface area contributed by atoms with E-state index in [1.54, 1.807) is 18.8 Å². The summed E-state index contributed by atoms with van der Waals surface area (Å²) in [6, 6.07) is 29.6. The predicted octanol–water partition coefficient (Wildman–Crippen LogP) is 6.98. The lowest BCUT2D eigenvalue weighted by atomic mass is 9.80. The van der Waals surface area contributed by atoms with Crippen LogP contribution in [0.1, 0.15) is 63.5 Å². The number of ether oxygens (including phenoxy) is 6. The second-order valence-electron chi connectivity index (χ2n) is 14.6. The Hall–Kier alpha value is -5.26. The third-order valence-electron chi connectivity index (χ3n) is 10.1. The van der Waals surface area contributed by atoms with Crippen LogP contribution in [0.25, 0.3) is 11.2 Å². The number of aromatic nitrogens is 4. The third kappa shape index (κ3) is 10.3. The first kappa shape index (κ1) is 45.3. The average molecular weight is 854 g/mol. The zero-order chi connectivity index (χ0) is 43.4. The Kier molecular flexibility index (Phi) is 16.0. The molecule has 1 N–H and O–H groups in total. The van der Waals surface area contributed by atoms with E-state index in [0.29, 0.717) is 11.5 Å². The second-order valence-corrected chi connectivity index (χ2v) is 16.0. The van der Waals surface area contributed by atoms with Crippen LogP contribution in [0.5, 0.6) is 11.5 Å². The highest BCUT2D eigenvalue weighted by Crippen LogP contribution is 2.51. The minimum absolute atomic E-state index is 0.0147. The fourth-order valence-electron chi connectivity index (χ4n) is 7.40. The van der Waals surface area contributed by atoms with Crippen molar-refractivity contribution in [2.75, 3.05) is 40.8 Å². The van der Waals surface area contributed by atoms with Gasteiger partial charge < -0.3 is 42.5 Å². The van der Waals surface area contributed by atoms with Crippen LogP contribution in [0.3, 0.4) is 0 Å². The number of benzene rings is 3. The highest BCUT2D eigenvalue weighted by molar-refractivity contribution is 7.44. The molecule has 1 fully saturated rings. The number of fused-ring (bicyclic) bond motifs is 1. The molecule has 2 aromatic heterocycles. The van der Waals surface area contributed by atoms with Crippen molar-refractivity contribution in [3.63, 3.8) is 0 Å². The van der Waals surface area contributed by atoms with E-state index in [0.717, 1.165) is 16.7 Å². The van der Waals surface area contributed by atoms with Crippen molar-refractivity contribution in [1.82, 2.24) is 24.2 Å². The van der Waals surface area contributed by atoms with Gasteiger partial charge in [0, 0.05) is 12.1 Å². The van der Waals surface area contributed by atoms with E-state index in [1.165, 1.54) is 12.7 Å². The summed E-state index contributed by atoms with van der Waals surface area (Å²) in [6.07, 6.45) is -0.556. The van der Waals surface area contributed by atoms with Gasteiger partial charge in [-0.3, -0.25) is 9.36 Å². The second kappa shape index (κ2) is 21.5. The molecule has 0 radical (unpaired) electrons. The quantitative estimate of drug-likeness (QED) is 0.0325.